The first-order chi connectivity index (χ1) is 17.2. The highest BCUT2D eigenvalue weighted by atomic mass is 35.5. The maximum absolute atomic E-state index is 12.8. The molecule has 6 nitrogen and oxygen atoms in total. The second kappa shape index (κ2) is 12.7. The highest BCUT2D eigenvalue weighted by molar-refractivity contribution is 6.32. The Morgan fingerprint density at radius 3 is 1.47 bits per heavy atom. The fourth-order valence-corrected chi connectivity index (χ4v) is 3.78. The summed E-state index contributed by atoms with van der Waals surface area (Å²) in [4.78, 5) is 26.6. The van der Waals surface area contributed by atoms with Crippen molar-refractivity contribution in [2.24, 2.45) is 16.5 Å². The van der Waals surface area contributed by atoms with E-state index in [-0.39, 0.29) is 23.0 Å². The van der Waals surface area contributed by atoms with Gasteiger partial charge in [0.15, 0.2) is 5.96 Å². The molecule has 0 saturated carbocycles. The fraction of sp³-hybridized carbons (Fsp3) is 0.375. The lowest BCUT2D eigenvalue weighted by molar-refractivity contribution is -0.138. The number of nitrogens with two attached hydrogens (primary N) is 2. The second-order valence-corrected chi connectivity index (χ2v) is 9.29. The number of amides is 1. The lowest BCUT2D eigenvalue weighted by Gasteiger charge is -2.16. The van der Waals surface area contributed by atoms with Gasteiger partial charge >= 0.3 is 18.3 Å². The van der Waals surface area contributed by atoms with Crippen molar-refractivity contribution in [3.05, 3.63) is 67.7 Å². The standard InChI is InChI=1S/C12H13ClF3N3O.C12H12ClF3O2/c1-5(2)6-4-9(13)8(12(14,15)16)3-7(6)10(20)19-11(17)18;1-6(2)7-5-10(13)9(12(14,15)16)4-8(7)11(17)18-3/h3-5H,1-2H3,(H4,17,18,19,20);4-6H,1-3H3. The summed E-state index contributed by atoms with van der Waals surface area (Å²) in [5.41, 5.74) is 8.46. The number of carbonyl (C=O) groups excluding carboxylic acids is 2. The van der Waals surface area contributed by atoms with Gasteiger partial charge in [0.2, 0.25) is 0 Å². The number of ether oxygens (including phenoxy) is 1. The molecule has 0 radical (unpaired) electrons. The Hall–Kier alpha value is -2.99. The van der Waals surface area contributed by atoms with E-state index in [0.717, 1.165) is 19.2 Å². The largest absolute Gasteiger partial charge is 0.465 e. The predicted molar refractivity (Wildman–Crippen MR) is 133 cm³/mol. The number of alkyl halides is 6. The van der Waals surface area contributed by atoms with E-state index in [4.69, 9.17) is 34.7 Å². The molecule has 0 spiro atoms. The van der Waals surface area contributed by atoms with Crippen LogP contribution in [0.5, 0.6) is 0 Å². The minimum Gasteiger partial charge on any atom is -0.465 e. The Kier molecular flexibility index (Phi) is 11.0. The fourth-order valence-electron chi connectivity index (χ4n) is 3.22. The van der Waals surface area contributed by atoms with Crippen molar-refractivity contribution in [3.8, 4) is 0 Å². The van der Waals surface area contributed by atoms with Crippen LogP contribution in [-0.2, 0) is 17.1 Å². The molecule has 0 unspecified atom stereocenters. The molecule has 0 bridgehead atoms. The average Bonchev–Trinajstić information content (AvgIpc) is 2.76. The summed E-state index contributed by atoms with van der Waals surface area (Å²) in [5, 5.41) is -0.888. The molecule has 0 aliphatic rings. The van der Waals surface area contributed by atoms with Crippen molar-refractivity contribution < 1.29 is 40.7 Å². The monoisotopic (exact) mass is 587 g/mol. The van der Waals surface area contributed by atoms with E-state index >= 15 is 0 Å². The Balaban J connectivity index is 0.000000382. The molecule has 0 saturated heterocycles. The van der Waals surface area contributed by atoms with Crippen LogP contribution < -0.4 is 11.5 Å². The summed E-state index contributed by atoms with van der Waals surface area (Å²) in [7, 11) is 1.12. The molecule has 2 rings (SSSR count). The minimum atomic E-state index is -4.67. The topological polar surface area (TPSA) is 108 Å². The van der Waals surface area contributed by atoms with Gasteiger partial charge in [-0.1, -0.05) is 50.9 Å². The third kappa shape index (κ3) is 8.52. The van der Waals surface area contributed by atoms with Crippen molar-refractivity contribution in [2.45, 2.75) is 51.9 Å². The van der Waals surface area contributed by atoms with Crippen LogP contribution in [0, 0.1) is 0 Å². The average molecular weight is 588 g/mol. The molecule has 210 valence electrons. The normalized spacial score (nSPS) is 11.7. The van der Waals surface area contributed by atoms with E-state index in [2.05, 4.69) is 9.73 Å². The van der Waals surface area contributed by atoms with Crippen LogP contribution in [0.2, 0.25) is 10.0 Å². The van der Waals surface area contributed by atoms with Gasteiger partial charge in [-0.25, -0.2) is 4.79 Å². The molecule has 0 aliphatic heterocycles. The van der Waals surface area contributed by atoms with Gasteiger partial charge in [-0.15, -0.1) is 0 Å². The van der Waals surface area contributed by atoms with E-state index in [1.54, 1.807) is 27.7 Å². The van der Waals surface area contributed by atoms with E-state index in [0.29, 0.717) is 17.2 Å². The molecule has 0 aromatic heterocycles. The molecular weight excluding hydrogens is 563 g/mol. The Labute approximate surface area is 224 Å². The number of hydrogen-bond donors (Lipinski definition) is 2. The summed E-state index contributed by atoms with van der Waals surface area (Å²) >= 11 is 11.2. The highest BCUT2D eigenvalue weighted by Gasteiger charge is 2.36. The van der Waals surface area contributed by atoms with Gasteiger partial charge in [0, 0.05) is 5.56 Å². The Morgan fingerprint density at radius 2 is 1.16 bits per heavy atom. The van der Waals surface area contributed by atoms with Crippen LogP contribution in [0.4, 0.5) is 26.3 Å². The van der Waals surface area contributed by atoms with Crippen molar-refractivity contribution in [3.63, 3.8) is 0 Å². The number of rotatable bonds is 4. The Bertz CT molecular complexity index is 1220. The van der Waals surface area contributed by atoms with Crippen LogP contribution in [-0.4, -0.2) is 24.9 Å². The van der Waals surface area contributed by atoms with Crippen molar-refractivity contribution in [2.75, 3.05) is 7.11 Å². The van der Waals surface area contributed by atoms with Crippen LogP contribution >= 0.6 is 23.2 Å². The third-order valence-corrected chi connectivity index (χ3v) is 5.63. The van der Waals surface area contributed by atoms with Crippen LogP contribution in [0.15, 0.2) is 29.3 Å². The highest BCUT2D eigenvalue weighted by Crippen LogP contribution is 2.39. The lowest BCUT2D eigenvalue weighted by Crippen LogP contribution is -2.24. The van der Waals surface area contributed by atoms with E-state index in [9.17, 15) is 35.9 Å². The first kappa shape index (κ1) is 33.0. The molecule has 2 aromatic carbocycles. The number of benzene rings is 2. The third-order valence-electron chi connectivity index (χ3n) is 5.00. The van der Waals surface area contributed by atoms with Gasteiger partial charge in [-0.05, 0) is 47.2 Å². The SMILES string of the molecule is CC(C)c1cc(Cl)c(C(F)(F)F)cc1C(=O)N=C(N)N.COC(=O)c1cc(C(F)(F)F)c(Cl)cc1C(C)C. The number of methoxy groups -OCH3 is 1. The smallest absolute Gasteiger partial charge is 0.417 e. The molecule has 0 fully saturated rings. The molecule has 2 aromatic rings. The number of hydrogen-bond acceptors (Lipinski definition) is 3. The molecule has 14 heteroatoms. The van der Waals surface area contributed by atoms with Crippen molar-refractivity contribution in [1.82, 2.24) is 0 Å². The molecule has 0 heterocycles. The maximum Gasteiger partial charge on any atom is 0.417 e. The van der Waals surface area contributed by atoms with Crippen LogP contribution in [0.3, 0.4) is 0 Å². The number of guanidine groups is 1. The van der Waals surface area contributed by atoms with Gasteiger partial charge in [-0.2, -0.15) is 31.3 Å². The zero-order chi connectivity index (χ0) is 29.7. The first-order valence-electron chi connectivity index (χ1n) is 10.8. The van der Waals surface area contributed by atoms with Crippen molar-refractivity contribution >= 4 is 41.0 Å². The van der Waals surface area contributed by atoms with Crippen molar-refractivity contribution in [1.29, 1.82) is 0 Å². The van der Waals surface area contributed by atoms with Gasteiger partial charge in [0.25, 0.3) is 5.91 Å². The zero-order valence-electron chi connectivity index (χ0n) is 20.8. The number of halogens is 8. The quantitative estimate of drug-likeness (QED) is 0.171. The van der Waals surface area contributed by atoms with E-state index in [1.807, 2.05) is 0 Å². The maximum atomic E-state index is 12.8. The molecular formula is C24H25Cl2F6N3O3. The number of esters is 1. The van der Waals surface area contributed by atoms with Crippen LogP contribution in [0.25, 0.3) is 0 Å². The molecule has 1 amide bonds. The molecule has 38 heavy (non-hydrogen) atoms. The Morgan fingerprint density at radius 1 is 0.789 bits per heavy atom. The summed E-state index contributed by atoms with van der Waals surface area (Å²) in [6, 6.07) is 3.70. The van der Waals surface area contributed by atoms with E-state index < -0.39 is 51.4 Å². The van der Waals surface area contributed by atoms with Crippen LogP contribution in [0.1, 0.15) is 82.5 Å². The van der Waals surface area contributed by atoms with E-state index in [1.165, 1.54) is 6.07 Å². The van der Waals surface area contributed by atoms with Gasteiger partial charge in [0.05, 0.1) is 33.8 Å². The molecule has 4 N–H and O–H groups in total. The summed E-state index contributed by atoms with van der Waals surface area (Å²) in [6.45, 7) is 6.94. The number of nitrogens with zero attached hydrogens (tertiary/aromatic N) is 1. The lowest BCUT2D eigenvalue weighted by atomic mass is 9.94. The number of carbonyl (C=O) groups is 2. The predicted octanol–water partition coefficient (Wildman–Crippen LogP) is 7.16. The second-order valence-electron chi connectivity index (χ2n) is 8.48. The zero-order valence-corrected chi connectivity index (χ0v) is 22.3. The number of aliphatic imine (C=N–C) groups is 1. The molecule has 0 aliphatic carbocycles. The first-order valence-corrected chi connectivity index (χ1v) is 11.5. The summed E-state index contributed by atoms with van der Waals surface area (Å²) < 4.78 is 81.0. The van der Waals surface area contributed by atoms with Gasteiger partial charge in [-0.3, -0.25) is 4.79 Å². The minimum absolute atomic E-state index is 0.107. The molecule has 0 atom stereocenters. The summed E-state index contributed by atoms with van der Waals surface area (Å²) in [5.74, 6) is -2.62. The summed E-state index contributed by atoms with van der Waals surface area (Å²) in [6.07, 6.45) is -9.27. The van der Waals surface area contributed by atoms with Gasteiger partial charge < -0.3 is 16.2 Å². The van der Waals surface area contributed by atoms with Gasteiger partial charge in [0.1, 0.15) is 0 Å².